The number of nitrogens with zero attached hydrogens (tertiary/aromatic N) is 3. The van der Waals surface area contributed by atoms with Crippen LogP contribution in [-0.4, -0.2) is 22.0 Å². The Labute approximate surface area is 147 Å². The number of hydrogen-bond donors (Lipinski definition) is 0. The van der Waals surface area contributed by atoms with Gasteiger partial charge in [0, 0.05) is 12.5 Å². The van der Waals surface area contributed by atoms with Gasteiger partial charge in [-0.15, -0.1) is 0 Å². The van der Waals surface area contributed by atoms with Crippen LogP contribution in [0.2, 0.25) is 0 Å². The number of carbonyl (C=O) groups excluding carboxylic acids is 1. The Morgan fingerprint density at radius 3 is 2.24 bits per heavy atom. The molecule has 2 atom stereocenters. The number of rotatable bonds is 2. The fourth-order valence-corrected chi connectivity index (χ4v) is 3.72. The average Bonchev–Trinajstić information content (AvgIpc) is 3.29. The molecular weight excluding hydrogens is 310 g/mol. The highest BCUT2D eigenvalue weighted by Gasteiger charge is 2.39. The molecule has 25 heavy (non-hydrogen) atoms. The second-order valence-electron chi connectivity index (χ2n) is 6.69. The van der Waals surface area contributed by atoms with Crippen LogP contribution in [0.15, 0.2) is 79.4 Å². The average molecular weight is 332 g/mol. The molecule has 2 aromatic carbocycles. The summed E-state index contributed by atoms with van der Waals surface area (Å²) < 4.78 is 3.56. The van der Waals surface area contributed by atoms with E-state index in [9.17, 15) is 4.79 Å². The number of likely N-dealkylation sites (tertiary alicyclic amines) is 1. The van der Waals surface area contributed by atoms with E-state index in [2.05, 4.69) is 36.4 Å². The van der Waals surface area contributed by atoms with Crippen LogP contribution in [0.3, 0.4) is 0 Å². The van der Waals surface area contributed by atoms with Gasteiger partial charge in [0.1, 0.15) is 12.4 Å². The van der Waals surface area contributed by atoms with E-state index in [1.165, 1.54) is 11.1 Å². The topological polar surface area (TPSA) is 29.1 Å². The molecule has 2 heterocycles. The van der Waals surface area contributed by atoms with E-state index >= 15 is 0 Å². The number of aromatic nitrogens is 2. The van der Waals surface area contributed by atoms with Crippen LogP contribution in [0.5, 0.6) is 0 Å². The van der Waals surface area contributed by atoms with Gasteiger partial charge in [0.25, 0.3) is 6.33 Å². The Morgan fingerprint density at radius 2 is 1.64 bits per heavy atom. The van der Waals surface area contributed by atoms with Crippen LogP contribution < -0.4 is 4.57 Å². The number of carbonyl (C=O) groups is 1. The van der Waals surface area contributed by atoms with E-state index in [1.54, 1.807) is 4.57 Å². The molecule has 4 rings (SSSR count). The Hall–Kier alpha value is -2.88. The van der Waals surface area contributed by atoms with Gasteiger partial charge >= 0.3 is 6.03 Å². The minimum atomic E-state index is 0.0351. The Kier molecular flexibility index (Phi) is 4.10. The van der Waals surface area contributed by atoms with Crippen molar-refractivity contribution < 1.29 is 9.36 Å². The lowest BCUT2D eigenvalue weighted by Crippen LogP contribution is -2.35. The molecule has 2 unspecified atom stereocenters. The van der Waals surface area contributed by atoms with Gasteiger partial charge in [-0.3, -0.25) is 4.90 Å². The van der Waals surface area contributed by atoms with Crippen molar-refractivity contribution >= 4 is 6.03 Å². The van der Waals surface area contributed by atoms with Crippen molar-refractivity contribution in [2.45, 2.75) is 18.4 Å². The SMILES string of the molecule is C[n+]1ccn(C(=O)N2CC(c3ccccc3)CC2c2ccccc2)c1. The maximum atomic E-state index is 13.1. The summed E-state index contributed by atoms with van der Waals surface area (Å²) in [5, 5.41) is 0. The first-order valence-electron chi connectivity index (χ1n) is 8.66. The third-order valence-corrected chi connectivity index (χ3v) is 4.99. The van der Waals surface area contributed by atoms with Crippen molar-refractivity contribution in [3.63, 3.8) is 0 Å². The Bertz CT molecular complexity index is 857. The first-order valence-corrected chi connectivity index (χ1v) is 8.66. The molecule has 0 N–H and O–H groups in total. The summed E-state index contributed by atoms with van der Waals surface area (Å²) in [6.45, 7) is 0.740. The highest BCUT2D eigenvalue weighted by atomic mass is 16.2. The van der Waals surface area contributed by atoms with Crippen LogP contribution in [0.4, 0.5) is 4.79 Å². The molecule has 1 aliphatic heterocycles. The lowest BCUT2D eigenvalue weighted by molar-refractivity contribution is -0.670. The van der Waals surface area contributed by atoms with E-state index in [0.717, 1.165) is 13.0 Å². The summed E-state index contributed by atoms with van der Waals surface area (Å²) >= 11 is 0. The molecule has 0 spiro atoms. The normalized spacial score (nSPS) is 20.0. The predicted octanol–water partition coefficient (Wildman–Crippen LogP) is 3.51. The monoisotopic (exact) mass is 332 g/mol. The largest absolute Gasteiger partial charge is 0.416 e. The molecule has 1 aliphatic rings. The fraction of sp³-hybridized carbons (Fsp3) is 0.238. The van der Waals surface area contributed by atoms with E-state index in [1.807, 2.05) is 59.5 Å². The van der Waals surface area contributed by atoms with Gasteiger partial charge in [-0.2, -0.15) is 4.57 Å². The predicted molar refractivity (Wildman–Crippen MR) is 96.1 cm³/mol. The zero-order chi connectivity index (χ0) is 17.2. The molecule has 0 saturated carbocycles. The number of aryl methyl sites for hydroxylation is 1. The second kappa shape index (κ2) is 6.55. The van der Waals surface area contributed by atoms with Gasteiger partial charge in [-0.1, -0.05) is 60.7 Å². The van der Waals surface area contributed by atoms with Crippen LogP contribution in [0, 0.1) is 0 Å². The molecule has 0 bridgehead atoms. The second-order valence-corrected chi connectivity index (χ2v) is 6.69. The van der Waals surface area contributed by atoms with Crippen molar-refractivity contribution in [1.29, 1.82) is 0 Å². The lowest BCUT2D eigenvalue weighted by atomic mass is 9.94. The molecule has 3 aromatic rings. The number of hydrogen-bond acceptors (Lipinski definition) is 1. The third kappa shape index (κ3) is 3.07. The van der Waals surface area contributed by atoms with Crippen molar-refractivity contribution in [3.05, 3.63) is 90.5 Å². The minimum Gasteiger partial charge on any atom is -0.297 e. The van der Waals surface area contributed by atoms with Crippen LogP contribution in [0.1, 0.15) is 29.5 Å². The Balaban J connectivity index is 1.67. The van der Waals surface area contributed by atoms with Gasteiger partial charge in [0.15, 0.2) is 0 Å². The molecule has 1 saturated heterocycles. The highest BCUT2D eigenvalue weighted by Crippen LogP contribution is 2.40. The van der Waals surface area contributed by atoms with Gasteiger partial charge in [-0.05, 0) is 17.5 Å². The number of benzene rings is 2. The van der Waals surface area contributed by atoms with Gasteiger partial charge < -0.3 is 0 Å². The van der Waals surface area contributed by atoms with Crippen LogP contribution in [0.25, 0.3) is 0 Å². The summed E-state index contributed by atoms with van der Waals surface area (Å²) in [7, 11) is 1.93. The summed E-state index contributed by atoms with van der Waals surface area (Å²) in [5.41, 5.74) is 2.50. The molecule has 126 valence electrons. The van der Waals surface area contributed by atoms with E-state index in [-0.39, 0.29) is 12.1 Å². The van der Waals surface area contributed by atoms with Crippen molar-refractivity contribution in [2.75, 3.05) is 6.54 Å². The minimum absolute atomic E-state index is 0.0351. The maximum absolute atomic E-state index is 13.1. The molecule has 1 amide bonds. The van der Waals surface area contributed by atoms with Gasteiger partial charge in [0.2, 0.25) is 0 Å². The number of imidazole rings is 1. The molecule has 0 aliphatic carbocycles. The lowest BCUT2D eigenvalue weighted by Gasteiger charge is -2.22. The standard InChI is InChI=1S/C21H22N3O/c1-22-12-13-23(16-22)21(25)24-15-19(17-8-4-2-5-9-17)14-20(24)18-10-6-3-7-11-18/h2-13,16,19-20H,14-15H2,1H3/q+1. The highest BCUT2D eigenvalue weighted by molar-refractivity contribution is 5.77. The zero-order valence-corrected chi connectivity index (χ0v) is 14.3. The van der Waals surface area contributed by atoms with E-state index < -0.39 is 0 Å². The van der Waals surface area contributed by atoms with Gasteiger partial charge in [0.05, 0.1) is 13.1 Å². The fourth-order valence-electron chi connectivity index (χ4n) is 3.72. The summed E-state index contributed by atoms with van der Waals surface area (Å²) in [4.78, 5) is 15.1. The van der Waals surface area contributed by atoms with Gasteiger partial charge in [-0.25, -0.2) is 9.36 Å². The third-order valence-electron chi connectivity index (χ3n) is 4.99. The zero-order valence-electron chi connectivity index (χ0n) is 14.3. The summed E-state index contributed by atoms with van der Waals surface area (Å²) in [6, 6.07) is 21.0. The Morgan fingerprint density at radius 1 is 1.00 bits per heavy atom. The first-order chi connectivity index (χ1) is 12.2. The van der Waals surface area contributed by atoms with E-state index in [4.69, 9.17) is 0 Å². The summed E-state index contributed by atoms with van der Waals surface area (Å²) in [5.74, 6) is 0.361. The first kappa shape index (κ1) is 15.6. The molecule has 4 heteroatoms. The quantitative estimate of drug-likeness (QED) is 0.660. The smallest absolute Gasteiger partial charge is 0.297 e. The molecular formula is C21H22N3O+. The van der Waals surface area contributed by atoms with Crippen LogP contribution >= 0.6 is 0 Å². The maximum Gasteiger partial charge on any atom is 0.416 e. The van der Waals surface area contributed by atoms with Crippen molar-refractivity contribution in [2.24, 2.45) is 7.05 Å². The van der Waals surface area contributed by atoms with Crippen LogP contribution in [-0.2, 0) is 7.05 Å². The molecule has 4 nitrogen and oxygen atoms in total. The van der Waals surface area contributed by atoms with E-state index in [0.29, 0.717) is 5.92 Å². The van der Waals surface area contributed by atoms with Crippen molar-refractivity contribution in [3.8, 4) is 0 Å². The number of amides is 1. The summed E-state index contributed by atoms with van der Waals surface area (Å²) in [6.07, 6.45) is 6.48. The van der Waals surface area contributed by atoms with Crippen molar-refractivity contribution in [1.82, 2.24) is 9.47 Å². The molecule has 1 aromatic heterocycles. The molecule has 0 radical (unpaired) electrons. The molecule has 1 fully saturated rings.